The number of hydrogen-bond donors (Lipinski definition) is 4. The predicted molar refractivity (Wildman–Crippen MR) is 105 cm³/mol. The third kappa shape index (κ3) is 3.00. The Balaban J connectivity index is 1.34. The number of hydrogen-bond acceptors (Lipinski definition) is 7. The molecular weight excluding hydrogens is 380 g/mol. The van der Waals surface area contributed by atoms with E-state index in [9.17, 15) is 4.79 Å². The zero-order chi connectivity index (χ0) is 19.3. The van der Waals surface area contributed by atoms with E-state index < -0.39 is 0 Å². The SMILES string of the molecule is NC(=O)[C@@H]1[C@H](Nc2nc(Nc3cnn(C4CNC4)c3)ncc2Cl)[C@H]2C=C[C@@H]1C2. The van der Waals surface area contributed by atoms with E-state index in [1.807, 2.05) is 10.9 Å². The molecule has 1 saturated carbocycles. The van der Waals surface area contributed by atoms with Gasteiger partial charge in [0.2, 0.25) is 11.9 Å². The summed E-state index contributed by atoms with van der Waals surface area (Å²) in [4.78, 5) is 20.7. The number of nitrogens with zero attached hydrogens (tertiary/aromatic N) is 4. The smallest absolute Gasteiger partial charge is 0.229 e. The Kier molecular flexibility index (Phi) is 4.21. The second kappa shape index (κ2) is 6.75. The van der Waals surface area contributed by atoms with Gasteiger partial charge >= 0.3 is 0 Å². The highest BCUT2D eigenvalue weighted by molar-refractivity contribution is 6.32. The number of primary amides is 1. The average Bonchev–Trinajstić information content (AvgIpc) is 3.33. The van der Waals surface area contributed by atoms with Crippen LogP contribution >= 0.6 is 11.6 Å². The monoisotopic (exact) mass is 400 g/mol. The van der Waals surface area contributed by atoms with Gasteiger partial charge in [0.15, 0.2) is 5.82 Å². The van der Waals surface area contributed by atoms with Crippen molar-refractivity contribution in [2.24, 2.45) is 23.5 Å². The Morgan fingerprint density at radius 1 is 1.29 bits per heavy atom. The van der Waals surface area contributed by atoms with E-state index in [2.05, 4.69) is 43.2 Å². The van der Waals surface area contributed by atoms with Crippen LogP contribution in [0.4, 0.5) is 17.5 Å². The second-order valence-corrected chi connectivity index (χ2v) is 7.99. The Labute approximate surface area is 166 Å². The van der Waals surface area contributed by atoms with Crippen molar-refractivity contribution in [3.63, 3.8) is 0 Å². The molecule has 0 aromatic carbocycles. The zero-order valence-electron chi connectivity index (χ0n) is 15.0. The molecule has 2 aromatic heterocycles. The first-order valence-electron chi connectivity index (χ1n) is 9.37. The van der Waals surface area contributed by atoms with Crippen LogP contribution in [0.15, 0.2) is 30.7 Å². The molecule has 1 amide bonds. The molecule has 0 radical (unpaired) electrons. The number of allylic oxidation sites excluding steroid dienone is 1. The van der Waals surface area contributed by atoms with Crippen LogP contribution in [0.1, 0.15) is 12.5 Å². The molecule has 3 aliphatic rings. The Morgan fingerprint density at radius 2 is 2.11 bits per heavy atom. The molecule has 0 spiro atoms. The van der Waals surface area contributed by atoms with Crippen LogP contribution in [0.5, 0.6) is 0 Å². The number of aromatic nitrogens is 4. The summed E-state index contributed by atoms with van der Waals surface area (Å²) in [6.07, 6.45) is 10.4. The first-order valence-corrected chi connectivity index (χ1v) is 9.75. The van der Waals surface area contributed by atoms with Crippen molar-refractivity contribution < 1.29 is 4.79 Å². The van der Waals surface area contributed by atoms with Crippen LogP contribution < -0.4 is 21.7 Å². The summed E-state index contributed by atoms with van der Waals surface area (Å²) in [7, 11) is 0. The van der Waals surface area contributed by atoms with Crippen molar-refractivity contribution in [2.45, 2.75) is 18.5 Å². The van der Waals surface area contributed by atoms with E-state index in [1.54, 1.807) is 12.4 Å². The minimum absolute atomic E-state index is 0.110. The van der Waals surface area contributed by atoms with E-state index in [1.165, 1.54) is 0 Å². The molecule has 9 nitrogen and oxygen atoms in total. The number of halogens is 1. The molecule has 4 atom stereocenters. The highest BCUT2D eigenvalue weighted by Crippen LogP contribution is 2.45. The number of fused-ring (bicyclic) bond motifs is 2. The zero-order valence-corrected chi connectivity index (χ0v) is 15.8. The number of rotatable bonds is 6. The lowest BCUT2D eigenvalue weighted by Gasteiger charge is -2.27. The topological polar surface area (TPSA) is 123 Å². The summed E-state index contributed by atoms with van der Waals surface area (Å²) < 4.78 is 1.92. The van der Waals surface area contributed by atoms with Gasteiger partial charge in [-0.1, -0.05) is 23.8 Å². The van der Waals surface area contributed by atoms with Crippen LogP contribution in [0, 0.1) is 17.8 Å². The summed E-state index contributed by atoms with van der Waals surface area (Å²) in [6, 6.07) is 0.275. The minimum atomic E-state index is -0.296. The van der Waals surface area contributed by atoms with E-state index in [-0.39, 0.29) is 29.7 Å². The molecule has 146 valence electrons. The first-order chi connectivity index (χ1) is 13.6. The first kappa shape index (κ1) is 17.4. The van der Waals surface area contributed by atoms with Crippen molar-refractivity contribution in [1.29, 1.82) is 0 Å². The highest BCUT2D eigenvalue weighted by Gasteiger charge is 2.47. The molecule has 5 N–H and O–H groups in total. The third-order valence-corrected chi connectivity index (χ3v) is 6.10. The van der Waals surface area contributed by atoms with Crippen molar-refractivity contribution >= 4 is 35.0 Å². The quantitative estimate of drug-likeness (QED) is 0.539. The lowest BCUT2D eigenvalue weighted by atomic mass is 9.88. The molecule has 1 aliphatic heterocycles. The van der Waals surface area contributed by atoms with Gasteiger partial charge in [0.05, 0.1) is 30.0 Å². The van der Waals surface area contributed by atoms with Crippen molar-refractivity contribution in [3.8, 4) is 0 Å². The Hall–Kier alpha value is -2.65. The maximum Gasteiger partial charge on any atom is 0.229 e. The van der Waals surface area contributed by atoms with Gasteiger partial charge in [0.25, 0.3) is 0 Å². The second-order valence-electron chi connectivity index (χ2n) is 7.58. The third-order valence-electron chi connectivity index (χ3n) is 5.83. The summed E-state index contributed by atoms with van der Waals surface area (Å²) in [5.74, 6) is 0.784. The Bertz CT molecular complexity index is 939. The standard InChI is InChI=1S/C18H21ClN8O/c19-13-7-22-18(24-11-4-23-27(8-11)12-5-21-6-12)26-17(13)25-15-10-2-1-9(3-10)14(15)16(20)28/h1-2,4,7-10,12,14-15,21H,3,5-6H2,(H2,20,28)(H2,22,24,25,26)/t9-,10+,14+,15-/m1/s1. The van der Waals surface area contributed by atoms with Gasteiger partial charge in [-0.05, 0) is 18.3 Å². The number of carbonyl (C=O) groups excluding carboxylic acids is 1. The fraction of sp³-hybridized carbons (Fsp3) is 0.444. The predicted octanol–water partition coefficient (Wildman–Crippen LogP) is 1.30. The van der Waals surface area contributed by atoms with E-state index >= 15 is 0 Å². The van der Waals surface area contributed by atoms with Gasteiger partial charge in [0, 0.05) is 25.3 Å². The molecule has 2 aliphatic carbocycles. The molecule has 2 bridgehead atoms. The Morgan fingerprint density at radius 3 is 2.86 bits per heavy atom. The summed E-state index contributed by atoms with van der Waals surface area (Å²) in [5, 5.41) is 14.5. The minimum Gasteiger partial charge on any atom is -0.369 e. The van der Waals surface area contributed by atoms with Crippen LogP contribution in [0.3, 0.4) is 0 Å². The number of anilines is 3. The normalized spacial score (nSPS) is 28.3. The van der Waals surface area contributed by atoms with Crippen molar-refractivity contribution in [2.75, 3.05) is 23.7 Å². The molecule has 1 saturated heterocycles. The average molecular weight is 401 g/mol. The largest absolute Gasteiger partial charge is 0.369 e. The van der Waals surface area contributed by atoms with Crippen LogP contribution in [0.25, 0.3) is 0 Å². The van der Waals surface area contributed by atoms with E-state index in [0.717, 1.165) is 25.2 Å². The lowest BCUT2D eigenvalue weighted by Crippen LogP contribution is -2.43. The van der Waals surface area contributed by atoms with Gasteiger partial charge in [-0.25, -0.2) is 4.98 Å². The molecule has 0 unspecified atom stereocenters. The highest BCUT2D eigenvalue weighted by atomic mass is 35.5. The number of amides is 1. The van der Waals surface area contributed by atoms with Crippen LogP contribution in [0.2, 0.25) is 5.02 Å². The van der Waals surface area contributed by atoms with E-state index in [4.69, 9.17) is 17.3 Å². The summed E-state index contributed by atoms with van der Waals surface area (Å²) in [5.41, 5.74) is 6.44. The van der Waals surface area contributed by atoms with Crippen LogP contribution in [-0.4, -0.2) is 44.8 Å². The van der Waals surface area contributed by atoms with E-state index in [0.29, 0.717) is 22.8 Å². The lowest BCUT2D eigenvalue weighted by molar-refractivity contribution is -0.122. The van der Waals surface area contributed by atoms with Gasteiger partial charge in [-0.15, -0.1) is 0 Å². The molecular formula is C18H21ClN8O. The molecule has 2 fully saturated rings. The van der Waals surface area contributed by atoms with Gasteiger partial charge in [-0.2, -0.15) is 10.1 Å². The summed E-state index contributed by atoms with van der Waals surface area (Å²) in [6.45, 7) is 1.84. The molecule has 10 heteroatoms. The summed E-state index contributed by atoms with van der Waals surface area (Å²) >= 11 is 6.31. The maximum atomic E-state index is 11.9. The number of nitrogens with one attached hydrogen (secondary N) is 3. The van der Waals surface area contributed by atoms with Crippen LogP contribution in [-0.2, 0) is 4.79 Å². The van der Waals surface area contributed by atoms with Gasteiger partial charge in [-0.3, -0.25) is 9.48 Å². The fourth-order valence-electron chi connectivity index (χ4n) is 4.29. The molecule has 5 rings (SSSR count). The van der Waals surface area contributed by atoms with Crippen molar-refractivity contribution in [1.82, 2.24) is 25.1 Å². The molecule has 2 aromatic rings. The molecule has 28 heavy (non-hydrogen) atoms. The molecule has 3 heterocycles. The fourth-order valence-corrected chi connectivity index (χ4v) is 4.43. The number of nitrogens with two attached hydrogens (primary N) is 1. The number of carbonyl (C=O) groups is 1. The van der Waals surface area contributed by atoms with Gasteiger partial charge in [0.1, 0.15) is 5.02 Å². The van der Waals surface area contributed by atoms with Gasteiger partial charge < -0.3 is 21.7 Å². The van der Waals surface area contributed by atoms with Crippen molar-refractivity contribution in [3.05, 3.63) is 35.8 Å². The maximum absolute atomic E-state index is 11.9.